The quantitative estimate of drug-likeness (QED) is 0.512. The molecule has 8 heavy (non-hydrogen) atoms. The van der Waals surface area contributed by atoms with E-state index in [2.05, 4.69) is 34.5 Å². The van der Waals surface area contributed by atoms with Crippen molar-refractivity contribution < 1.29 is 0 Å². The van der Waals surface area contributed by atoms with Crippen molar-refractivity contribution in [3.63, 3.8) is 0 Å². The molecule has 0 aliphatic carbocycles. The van der Waals surface area contributed by atoms with E-state index in [0.29, 0.717) is 9.30 Å². The molecule has 0 fully saturated rings. The van der Waals surface area contributed by atoms with Crippen LogP contribution in [0.3, 0.4) is 0 Å². The first-order valence-corrected chi connectivity index (χ1v) is 4.46. The number of hydrogen-bond donors (Lipinski definition) is 1. The minimum Gasteiger partial charge on any atom is -0.378 e. The van der Waals surface area contributed by atoms with Gasteiger partial charge < -0.3 is 5.73 Å². The molecule has 2 N–H and O–H groups in total. The van der Waals surface area contributed by atoms with Gasteiger partial charge >= 0.3 is 0 Å². The molecule has 0 aromatic carbocycles. The zero-order valence-corrected chi connectivity index (χ0v) is 7.44. The Labute approximate surface area is 66.4 Å². The van der Waals surface area contributed by atoms with Crippen molar-refractivity contribution in [1.82, 2.24) is 0 Å². The van der Waals surface area contributed by atoms with Crippen molar-refractivity contribution >= 4 is 39.5 Å². The average Bonchev–Trinajstić information content (AvgIpc) is 1.85. The Balaban J connectivity index is 2.56. The monoisotopic (exact) mass is 242 g/mol. The fraction of sp³-hybridized carbons (Fsp3) is 0.750. The molecular formula is C4H7IN2S. The first kappa shape index (κ1) is 6.67. The zero-order chi connectivity index (χ0) is 6.15. The lowest BCUT2D eigenvalue weighted by Gasteiger charge is -1.99. The molecule has 4 heteroatoms. The summed E-state index contributed by atoms with van der Waals surface area (Å²) in [6.07, 6.45) is 0. The molecule has 0 aromatic heterocycles. The molecule has 0 amide bonds. The van der Waals surface area contributed by atoms with Crippen LogP contribution in [0.2, 0.25) is 0 Å². The van der Waals surface area contributed by atoms with Gasteiger partial charge in [-0.15, -0.1) is 0 Å². The van der Waals surface area contributed by atoms with E-state index >= 15 is 0 Å². The zero-order valence-electron chi connectivity index (χ0n) is 4.47. The van der Waals surface area contributed by atoms with E-state index in [0.717, 1.165) is 5.17 Å². The summed E-state index contributed by atoms with van der Waals surface area (Å²) in [6, 6.07) is 0.403. The highest BCUT2D eigenvalue weighted by Crippen LogP contribution is 2.29. The molecule has 0 aromatic rings. The molecule has 2 atom stereocenters. The number of thioether (sulfide) groups is 1. The molecule has 0 radical (unpaired) electrons. The predicted molar refractivity (Wildman–Crippen MR) is 46.5 cm³/mol. The third-order valence-electron chi connectivity index (χ3n) is 0.943. The van der Waals surface area contributed by atoms with Crippen LogP contribution in [0.4, 0.5) is 0 Å². The number of aliphatic imine (C=N–C) groups is 1. The topological polar surface area (TPSA) is 38.4 Å². The van der Waals surface area contributed by atoms with Gasteiger partial charge in [0.25, 0.3) is 0 Å². The van der Waals surface area contributed by atoms with Crippen LogP contribution in [0.25, 0.3) is 0 Å². The number of amidine groups is 1. The summed E-state index contributed by atoms with van der Waals surface area (Å²) in [6.45, 7) is 2.07. The first-order valence-electron chi connectivity index (χ1n) is 2.34. The smallest absolute Gasteiger partial charge is 0.155 e. The second-order valence-corrected chi connectivity index (χ2v) is 5.03. The molecule has 0 spiro atoms. The fourth-order valence-corrected chi connectivity index (χ4v) is 2.16. The maximum atomic E-state index is 5.42. The van der Waals surface area contributed by atoms with Crippen molar-refractivity contribution in [2.45, 2.75) is 16.2 Å². The lowest BCUT2D eigenvalue weighted by Crippen LogP contribution is -2.03. The van der Waals surface area contributed by atoms with Gasteiger partial charge in [-0.05, 0) is 6.92 Å². The number of hydrogen-bond acceptors (Lipinski definition) is 3. The van der Waals surface area contributed by atoms with Crippen LogP contribution in [0.1, 0.15) is 6.92 Å². The average molecular weight is 242 g/mol. The summed E-state index contributed by atoms with van der Waals surface area (Å²) in [7, 11) is 0. The second-order valence-electron chi connectivity index (χ2n) is 1.68. The van der Waals surface area contributed by atoms with Crippen LogP contribution in [-0.4, -0.2) is 14.5 Å². The molecule has 0 saturated heterocycles. The highest BCUT2D eigenvalue weighted by atomic mass is 127. The molecule has 0 saturated carbocycles. The first-order chi connectivity index (χ1) is 3.70. The van der Waals surface area contributed by atoms with Crippen molar-refractivity contribution in [3.05, 3.63) is 0 Å². The molecule has 1 aliphatic rings. The van der Waals surface area contributed by atoms with E-state index in [4.69, 9.17) is 5.73 Å². The second kappa shape index (κ2) is 2.43. The third-order valence-corrected chi connectivity index (χ3v) is 3.71. The van der Waals surface area contributed by atoms with E-state index in [-0.39, 0.29) is 0 Å². The van der Waals surface area contributed by atoms with Crippen LogP contribution in [0.5, 0.6) is 0 Å². The summed E-state index contributed by atoms with van der Waals surface area (Å²) in [4.78, 5) is 4.12. The predicted octanol–water partition coefficient (Wildman–Crippen LogP) is 1.20. The van der Waals surface area contributed by atoms with Crippen LogP contribution < -0.4 is 5.73 Å². The summed E-state index contributed by atoms with van der Waals surface area (Å²) in [5.41, 5.74) is 5.42. The number of nitrogens with zero attached hydrogens (tertiary/aromatic N) is 1. The molecular weight excluding hydrogens is 235 g/mol. The fourth-order valence-electron chi connectivity index (χ4n) is 0.504. The van der Waals surface area contributed by atoms with Gasteiger partial charge in [0.15, 0.2) is 5.17 Å². The van der Waals surface area contributed by atoms with Crippen molar-refractivity contribution in [1.29, 1.82) is 0 Å². The van der Waals surface area contributed by atoms with E-state index in [9.17, 15) is 0 Å². The molecule has 46 valence electrons. The van der Waals surface area contributed by atoms with Gasteiger partial charge in [0, 0.05) is 0 Å². The Hall–Kier alpha value is 0.550. The van der Waals surface area contributed by atoms with Crippen LogP contribution >= 0.6 is 34.4 Å². The Morgan fingerprint density at radius 1 is 1.88 bits per heavy atom. The highest BCUT2D eigenvalue weighted by molar-refractivity contribution is 14.1. The van der Waals surface area contributed by atoms with E-state index in [1.807, 2.05) is 0 Å². The Kier molecular flexibility index (Phi) is 2.02. The van der Waals surface area contributed by atoms with Crippen molar-refractivity contribution in [2.24, 2.45) is 10.7 Å². The SMILES string of the molecule is CC1N=C(N)SC1I. The molecule has 1 heterocycles. The van der Waals surface area contributed by atoms with E-state index in [1.54, 1.807) is 11.8 Å². The molecule has 2 nitrogen and oxygen atoms in total. The van der Waals surface area contributed by atoms with Crippen molar-refractivity contribution in [3.8, 4) is 0 Å². The van der Waals surface area contributed by atoms with Crippen LogP contribution in [-0.2, 0) is 0 Å². The summed E-state index contributed by atoms with van der Waals surface area (Å²) in [5, 5.41) is 0.733. The minimum absolute atomic E-state index is 0.403. The van der Waals surface area contributed by atoms with E-state index in [1.165, 1.54) is 0 Å². The third kappa shape index (κ3) is 1.28. The van der Waals surface area contributed by atoms with Gasteiger partial charge in [-0.1, -0.05) is 34.4 Å². The molecule has 1 rings (SSSR count). The Bertz CT molecular complexity index is 125. The number of rotatable bonds is 0. The maximum Gasteiger partial charge on any atom is 0.155 e. The van der Waals surface area contributed by atoms with Gasteiger partial charge in [0.05, 0.1) is 9.30 Å². The molecule has 0 bridgehead atoms. The standard InChI is InChI=1S/C4H7IN2S/c1-2-3(5)8-4(6)7-2/h2-3H,1H3,(H2,6,7). The van der Waals surface area contributed by atoms with Gasteiger partial charge in [-0.2, -0.15) is 0 Å². The molecule has 1 aliphatic heterocycles. The number of nitrogens with two attached hydrogens (primary N) is 1. The van der Waals surface area contributed by atoms with Gasteiger partial charge in [0.2, 0.25) is 0 Å². The maximum absolute atomic E-state index is 5.42. The van der Waals surface area contributed by atoms with Crippen LogP contribution in [0.15, 0.2) is 4.99 Å². The summed E-state index contributed by atoms with van der Waals surface area (Å²) >= 11 is 3.98. The summed E-state index contributed by atoms with van der Waals surface area (Å²) < 4.78 is 0.549. The van der Waals surface area contributed by atoms with Crippen LogP contribution in [0, 0.1) is 0 Å². The lowest BCUT2D eigenvalue weighted by atomic mass is 10.4. The van der Waals surface area contributed by atoms with E-state index < -0.39 is 0 Å². The number of halogens is 1. The minimum atomic E-state index is 0.403. The number of alkyl halides is 1. The largest absolute Gasteiger partial charge is 0.378 e. The van der Waals surface area contributed by atoms with Gasteiger partial charge in [-0.3, -0.25) is 4.99 Å². The summed E-state index contributed by atoms with van der Waals surface area (Å²) in [5.74, 6) is 0. The molecule has 2 unspecified atom stereocenters. The normalized spacial score (nSPS) is 37.5. The Morgan fingerprint density at radius 2 is 2.50 bits per heavy atom. The highest BCUT2D eigenvalue weighted by Gasteiger charge is 2.21. The van der Waals surface area contributed by atoms with Gasteiger partial charge in [-0.25, -0.2) is 0 Å². The van der Waals surface area contributed by atoms with Gasteiger partial charge in [0.1, 0.15) is 0 Å². The Morgan fingerprint density at radius 3 is 2.62 bits per heavy atom. The van der Waals surface area contributed by atoms with Crippen molar-refractivity contribution in [2.75, 3.05) is 0 Å². The lowest BCUT2D eigenvalue weighted by molar-refractivity contribution is 0.849.